The molecule has 0 radical (unpaired) electrons. The summed E-state index contributed by atoms with van der Waals surface area (Å²) in [5.74, 6) is 0.701. The van der Waals surface area contributed by atoms with Gasteiger partial charge in [0.05, 0.1) is 0 Å². The van der Waals surface area contributed by atoms with Crippen LogP contribution in [0, 0.1) is 11.3 Å². The van der Waals surface area contributed by atoms with Crippen molar-refractivity contribution in [2.75, 3.05) is 13.1 Å². The number of amides is 1. The van der Waals surface area contributed by atoms with E-state index in [0.717, 1.165) is 19.5 Å². The van der Waals surface area contributed by atoms with Crippen LogP contribution in [0.5, 0.6) is 0 Å². The van der Waals surface area contributed by atoms with Crippen LogP contribution >= 0.6 is 12.4 Å². The summed E-state index contributed by atoms with van der Waals surface area (Å²) in [6.45, 7) is 2.21. The van der Waals surface area contributed by atoms with Gasteiger partial charge in [0.2, 0.25) is 5.91 Å². The molecule has 2 aliphatic carbocycles. The molecule has 20 heavy (non-hydrogen) atoms. The lowest BCUT2D eigenvalue weighted by Crippen LogP contribution is -2.39. The third kappa shape index (κ3) is 3.67. The van der Waals surface area contributed by atoms with Crippen molar-refractivity contribution in [2.45, 2.75) is 70.3 Å². The first-order valence-electron chi connectivity index (χ1n) is 8.31. The van der Waals surface area contributed by atoms with Gasteiger partial charge in [0, 0.05) is 12.0 Å². The Hall–Kier alpha value is -0.280. The number of halogens is 1. The number of hydrogen-bond donors (Lipinski definition) is 2. The van der Waals surface area contributed by atoms with Crippen molar-refractivity contribution in [1.82, 2.24) is 10.6 Å². The summed E-state index contributed by atoms with van der Waals surface area (Å²) >= 11 is 0. The van der Waals surface area contributed by atoms with E-state index in [0.29, 0.717) is 23.3 Å². The molecule has 2 saturated carbocycles. The van der Waals surface area contributed by atoms with Crippen LogP contribution in [0.2, 0.25) is 0 Å². The molecule has 3 fully saturated rings. The topological polar surface area (TPSA) is 41.1 Å². The van der Waals surface area contributed by atoms with Crippen molar-refractivity contribution in [3.63, 3.8) is 0 Å². The number of piperidine rings is 1. The quantitative estimate of drug-likeness (QED) is 0.823. The van der Waals surface area contributed by atoms with Crippen molar-refractivity contribution in [1.29, 1.82) is 0 Å². The van der Waals surface area contributed by atoms with Crippen molar-refractivity contribution in [2.24, 2.45) is 11.3 Å². The van der Waals surface area contributed by atoms with Crippen LogP contribution < -0.4 is 10.6 Å². The van der Waals surface area contributed by atoms with Gasteiger partial charge in [-0.25, -0.2) is 0 Å². The summed E-state index contributed by atoms with van der Waals surface area (Å²) in [6, 6.07) is 0.465. The minimum atomic E-state index is 0. The van der Waals surface area contributed by atoms with Crippen LogP contribution in [-0.4, -0.2) is 25.0 Å². The van der Waals surface area contributed by atoms with Crippen LogP contribution in [0.15, 0.2) is 0 Å². The average molecular weight is 301 g/mol. The SMILES string of the molecule is Cl.O=C(NC1CCCCCCC1)C1CC12CCNCC2. The molecule has 1 saturated heterocycles. The maximum absolute atomic E-state index is 12.4. The summed E-state index contributed by atoms with van der Waals surface area (Å²) in [5.41, 5.74) is 0.386. The molecular weight excluding hydrogens is 272 g/mol. The van der Waals surface area contributed by atoms with Crippen LogP contribution in [0.3, 0.4) is 0 Å². The number of hydrogen-bond acceptors (Lipinski definition) is 2. The molecule has 4 heteroatoms. The fourth-order valence-electron chi connectivity index (χ4n) is 4.10. The van der Waals surface area contributed by atoms with Crippen molar-refractivity contribution in [3.05, 3.63) is 0 Å². The van der Waals surface area contributed by atoms with Gasteiger partial charge in [-0.3, -0.25) is 4.79 Å². The highest BCUT2D eigenvalue weighted by Crippen LogP contribution is 2.58. The molecule has 0 bridgehead atoms. The Morgan fingerprint density at radius 1 is 1.00 bits per heavy atom. The second-order valence-electron chi connectivity index (χ2n) is 6.92. The monoisotopic (exact) mass is 300 g/mol. The van der Waals surface area contributed by atoms with Gasteiger partial charge in [0.25, 0.3) is 0 Å². The molecule has 1 atom stereocenters. The van der Waals surface area contributed by atoms with Crippen LogP contribution in [0.25, 0.3) is 0 Å². The van der Waals surface area contributed by atoms with E-state index in [9.17, 15) is 4.79 Å². The summed E-state index contributed by atoms with van der Waals surface area (Å²) in [5, 5.41) is 6.77. The maximum Gasteiger partial charge on any atom is 0.223 e. The van der Waals surface area contributed by atoms with Gasteiger partial charge in [-0.15, -0.1) is 12.4 Å². The first-order valence-corrected chi connectivity index (χ1v) is 8.31. The fraction of sp³-hybridized carbons (Fsp3) is 0.938. The molecule has 0 aromatic rings. The van der Waals surface area contributed by atoms with Crippen molar-refractivity contribution >= 4 is 18.3 Å². The molecule has 1 spiro atoms. The largest absolute Gasteiger partial charge is 0.353 e. The van der Waals surface area contributed by atoms with Crippen LogP contribution in [-0.2, 0) is 4.79 Å². The van der Waals surface area contributed by atoms with E-state index in [2.05, 4.69) is 10.6 Å². The van der Waals surface area contributed by atoms with E-state index >= 15 is 0 Å². The third-order valence-corrected chi connectivity index (χ3v) is 5.56. The third-order valence-electron chi connectivity index (χ3n) is 5.56. The predicted molar refractivity (Wildman–Crippen MR) is 84.1 cm³/mol. The minimum absolute atomic E-state index is 0. The number of rotatable bonds is 2. The van der Waals surface area contributed by atoms with E-state index < -0.39 is 0 Å². The van der Waals surface area contributed by atoms with Crippen molar-refractivity contribution < 1.29 is 4.79 Å². The summed E-state index contributed by atoms with van der Waals surface area (Å²) in [7, 11) is 0. The first kappa shape index (κ1) is 16.1. The Bertz CT molecular complexity index is 320. The summed E-state index contributed by atoms with van der Waals surface area (Å²) < 4.78 is 0. The fourth-order valence-corrected chi connectivity index (χ4v) is 4.10. The zero-order valence-electron chi connectivity index (χ0n) is 12.5. The smallest absolute Gasteiger partial charge is 0.223 e. The van der Waals surface area contributed by atoms with E-state index in [1.165, 1.54) is 57.8 Å². The lowest BCUT2D eigenvalue weighted by molar-refractivity contribution is -0.124. The average Bonchev–Trinajstić information content (AvgIpc) is 3.07. The van der Waals surface area contributed by atoms with Crippen molar-refractivity contribution in [3.8, 4) is 0 Å². The highest BCUT2D eigenvalue weighted by Gasteiger charge is 2.57. The van der Waals surface area contributed by atoms with E-state index in [1.807, 2.05) is 0 Å². The number of carbonyl (C=O) groups excluding carboxylic acids is 1. The van der Waals surface area contributed by atoms with Gasteiger partial charge >= 0.3 is 0 Å². The van der Waals surface area contributed by atoms with Gasteiger partial charge < -0.3 is 10.6 Å². The van der Waals surface area contributed by atoms with Gasteiger partial charge in [0.15, 0.2) is 0 Å². The maximum atomic E-state index is 12.4. The standard InChI is InChI=1S/C16H28N2O.ClH/c19-15(14-12-16(14)8-10-17-11-9-16)18-13-6-4-2-1-3-5-7-13;/h13-14,17H,1-12H2,(H,18,19);1H. The van der Waals surface area contributed by atoms with Gasteiger partial charge in [-0.2, -0.15) is 0 Å². The molecule has 3 nitrogen and oxygen atoms in total. The zero-order valence-corrected chi connectivity index (χ0v) is 13.3. The molecule has 1 amide bonds. The van der Waals surface area contributed by atoms with E-state index in [1.54, 1.807) is 0 Å². The molecule has 0 aromatic carbocycles. The molecule has 0 aromatic heterocycles. The Morgan fingerprint density at radius 3 is 2.25 bits per heavy atom. The molecule has 2 N–H and O–H groups in total. The molecule has 3 rings (SSSR count). The molecule has 1 unspecified atom stereocenters. The predicted octanol–water partition coefficient (Wildman–Crippen LogP) is 3.03. The van der Waals surface area contributed by atoms with Gasteiger partial charge in [-0.05, 0) is 50.6 Å². The Balaban J connectivity index is 0.00000147. The normalized spacial score (nSPS) is 29.9. The van der Waals surface area contributed by atoms with Gasteiger partial charge in [-0.1, -0.05) is 32.1 Å². The summed E-state index contributed by atoms with van der Waals surface area (Å²) in [4.78, 5) is 12.4. The van der Waals surface area contributed by atoms with Crippen LogP contribution in [0.4, 0.5) is 0 Å². The summed E-state index contributed by atoms with van der Waals surface area (Å²) in [6.07, 6.45) is 12.6. The van der Waals surface area contributed by atoms with E-state index in [-0.39, 0.29) is 12.4 Å². The van der Waals surface area contributed by atoms with Crippen LogP contribution in [0.1, 0.15) is 64.2 Å². The lowest BCUT2D eigenvalue weighted by Gasteiger charge is -2.25. The number of nitrogens with one attached hydrogen (secondary N) is 2. The second-order valence-corrected chi connectivity index (χ2v) is 6.92. The second kappa shape index (κ2) is 7.13. The van der Waals surface area contributed by atoms with E-state index in [4.69, 9.17) is 0 Å². The highest BCUT2D eigenvalue weighted by molar-refractivity contribution is 5.85. The Morgan fingerprint density at radius 2 is 1.60 bits per heavy atom. The zero-order chi connectivity index (χ0) is 13.1. The van der Waals surface area contributed by atoms with Gasteiger partial charge in [0.1, 0.15) is 0 Å². The molecule has 3 aliphatic rings. The molecular formula is C16H29ClN2O. The lowest BCUT2D eigenvalue weighted by atomic mass is 9.91. The minimum Gasteiger partial charge on any atom is -0.353 e. The Labute approximate surface area is 129 Å². The molecule has 1 aliphatic heterocycles. The molecule has 1 heterocycles. The molecule has 116 valence electrons. The highest BCUT2D eigenvalue weighted by atomic mass is 35.5. The number of carbonyl (C=O) groups is 1. The first-order chi connectivity index (χ1) is 9.30. The Kier molecular flexibility index (Phi) is 5.74.